The lowest BCUT2D eigenvalue weighted by Crippen LogP contribution is -2.19. The first-order chi connectivity index (χ1) is 4.86. The first kappa shape index (κ1) is 6.97. The molecule has 2 fully saturated rings. The Morgan fingerprint density at radius 2 is 1.70 bits per heavy atom. The number of rotatable bonds is 1. The van der Waals surface area contributed by atoms with Crippen LogP contribution in [-0.2, 0) is 0 Å². The largest absolute Gasteiger partial charge is 0.123 e. The Bertz CT molecular complexity index is 118. The highest BCUT2D eigenvalue weighted by atomic mass is 35.5. The van der Waals surface area contributed by atoms with Crippen LogP contribution in [0.3, 0.4) is 0 Å². The van der Waals surface area contributed by atoms with Gasteiger partial charge in [-0.3, -0.25) is 0 Å². The van der Waals surface area contributed by atoms with E-state index in [2.05, 4.69) is 0 Å². The van der Waals surface area contributed by atoms with E-state index < -0.39 is 0 Å². The topological polar surface area (TPSA) is 0 Å². The summed E-state index contributed by atoms with van der Waals surface area (Å²) in [6, 6.07) is 0. The molecule has 58 valence electrons. The summed E-state index contributed by atoms with van der Waals surface area (Å²) in [7, 11) is 0. The van der Waals surface area contributed by atoms with Crippen molar-refractivity contribution in [3.05, 3.63) is 0 Å². The van der Waals surface area contributed by atoms with Crippen molar-refractivity contribution in [1.82, 2.24) is 0 Å². The van der Waals surface area contributed by atoms with Crippen LogP contribution >= 0.6 is 11.6 Å². The van der Waals surface area contributed by atoms with E-state index in [-0.39, 0.29) is 0 Å². The average molecular weight is 159 g/mol. The number of hydrogen-bond donors (Lipinski definition) is 0. The third-order valence-corrected chi connectivity index (χ3v) is 3.62. The number of alkyl halides is 1. The first-order valence-electron chi connectivity index (χ1n) is 4.50. The van der Waals surface area contributed by atoms with Crippen molar-refractivity contribution in [2.75, 3.05) is 0 Å². The third-order valence-electron chi connectivity index (χ3n) is 3.23. The Kier molecular flexibility index (Phi) is 1.90. The van der Waals surface area contributed by atoms with Gasteiger partial charge >= 0.3 is 0 Å². The molecule has 0 aromatic heterocycles. The fraction of sp³-hybridized carbons (Fsp3) is 1.00. The summed E-state index contributed by atoms with van der Waals surface area (Å²) in [5.74, 6) is 2.08. The highest BCUT2D eigenvalue weighted by molar-refractivity contribution is 6.20. The lowest BCUT2D eigenvalue weighted by molar-refractivity contribution is 0.210. The van der Waals surface area contributed by atoms with Crippen LogP contribution in [0.4, 0.5) is 0 Å². The van der Waals surface area contributed by atoms with Gasteiger partial charge in [-0.25, -0.2) is 0 Å². The number of halogens is 1. The van der Waals surface area contributed by atoms with Crippen molar-refractivity contribution in [3.63, 3.8) is 0 Å². The highest BCUT2D eigenvalue weighted by Gasteiger charge is 2.32. The van der Waals surface area contributed by atoms with Crippen LogP contribution < -0.4 is 0 Å². The summed E-state index contributed by atoms with van der Waals surface area (Å²) in [6.45, 7) is 0. The molecular weight excluding hydrogens is 144 g/mol. The maximum Gasteiger partial charge on any atom is 0.0338 e. The molecule has 0 nitrogen and oxygen atoms in total. The maximum absolute atomic E-state index is 6.03. The van der Waals surface area contributed by atoms with Gasteiger partial charge in [0.2, 0.25) is 0 Å². The molecule has 0 saturated heterocycles. The molecule has 0 aromatic carbocycles. The van der Waals surface area contributed by atoms with E-state index in [1.54, 1.807) is 0 Å². The molecule has 0 heterocycles. The van der Waals surface area contributed by atoms with E-state index in [9.17, 15) is 0 Å². The fourth-order valence-corrected chi connectivity index (χ4v) is 2.65. The predicted octanol–water partition coefficient (Wildman–Crippen LogP) is 3.19. The van der Waals surface area contributed by atoms with Crippen molar-refractivity contribution in [2.24, 2.45) is 11.8 Å². The second-order valence-corrected chi connectivity index (χ2v) is 4.48. The molecular formula is C9H15Cl. The van der Waals surface area contributed by atoms with Crippen LogP contribution in [0.5, 0.6) is 0 Å². The monoisotopic (exact) mass is 158 g/mol. The van der Waals surface area contributed by atoms with Gasteiger partial charge < -0.3 is 0 Å². The molecule has 1 heteroatoms. The second kappa shape index (κ2) is 2.73. The minimum atomic E-state index is 0.519. The molecule has 10 heavy (non-hydrogen) atoms. The van der Waals surface area contributed by atoms with Crippen LogP contribution in [0.25, 0.3) is 0 Å². The fourth-order valence-electron chi connectivity index (χ4n) is 2.30. The van der Waals surface area contributed by atoms with Gasteiger partial charge in [0.1, 0.15) is 0 Å². The van der Waals surface area contributed by atoms with Crippen LogP contribution in [-0.4, -0.2) is 5.38 Å². The zero-order chi connectivity index (χ0) is 6.97. The minimum absolute atomic E-state index is 0.519. The normalized spacial score (nSPS) is 41.7. The molecule has 0 bridgehead atoms. The summed E-state index contributed by atoms with van der Waals surface area (Å²) in [5.41, 5.74) is 0. The van der Waals surface area contributed by atoms with Gasteiger partial charge in [0.05, 0.1) is 0 Å². The van der Waals surface area contributed by atoms with E-state index in [0.29, 0.717) is 5.38 Å². The third kappa shape index (κ3) is 1.18. The van der Waals surface area contributed by atoms with Crippen LogP contribution in [0, 0.1) is 11.8 Å². The van der Waals surface area contributed by atoms with Crippen LogP contribution in [0.1, 0.15) is 38.5 Å². The maximum atomic E-state index is 6.03. The van der Waals surface area contributed by atoms with E-state index >= 15 is 0 Å². The summed E-state index contributed by atoms with van der Waals surface area (Å²) in [5, 5.41) is 0.519. The molecule has 2 saturated carbocycles. The Morgan fingerprint density at radius 3 is 2.10 bits per heavy atom. The summed E-state index contributed by atoms with van der Waals surface area (Å²) in [4.78, 5) is 0. The Labute approximate surface area is 68.0 Å². The Morgan fingerprint density at radius 1 is 0.900 bits per heavy atom. The summed E-state index contributed by atoms with van der Waals surface area (Å²) < 4.78 is 0. The van der Waals surface area contributed by atoms with Crippen LogP contribution in [0.15, 0.2) is 0 Å². The van der Waals surface area contributed by atoms with Gasteiger partial charge in [0.15, 0.2) is 0 Å². The molecule has 0 N–H and O–H groups in total. The first-order valence-corrected chi connectivity index (χ1v) is 4.94. The summed E-state index contributed by atoms with van der Waals surface area (Å²) in [6.07, 6.45) is 8.48. The standard InChI is InChI=1S/C9H15Cl/c10-9-5-4-8(6-9)7-2-1-3-7/h7-9H,1-6H2. The zero-order valence-corrected chi connectivity index (χ0v) is 7.11. The van der Waals surface area contributed by atoms with Crippen molar-refractivity contribution in [2.45, 2.75) is 43.9 Å². The Hall–Kier alpha value is 0.290. The quantitative estimate of drug-likeness (QED) is 0.515. The molecule has 0 amide bonds. The van der Waals surface area contributed by atoms with E-state index in [1.807, 2.05) is 0 Å². The molecule has 2 aliphatic rings. The van der Waals surface area contributed by atoms with Crippen molar-refractivity contribution < 1.29 is 0 Å². The second-order valence-electron chi connectivity index (χ2n) is 3.86. The van der Waals surface area contributed by atoms with Crippen molar-refractivity contribution >= 4 is 11.6 Å². The van der Waals surface area contributed by atoms with E-state index in [0.717, 1.165) is 11.8 Å². The predicted molar refractivity (Wildman–Crippen MR) is 44.3 cm³/mol. The van der Waals surface area contributed by atoms with Gasteiger partial charge in [0, 0.05) is 5.38 Å². The lowest BCUT2D eigenvalue weighted by Gasteiger charge is -2.31. The highest BCUT2D eigenvalue weighted by Crippen LogP contribution is 2.43. The lowest BCUT2D eigenvalue weighted by atomic mass is 9.75. The molecule has 0 radical (unpaired) electrons. The summed E-state index contributed by atoms with van der Waals surface area (Å²) >= 11 is 6.03. The molecule has 2 aliphatic carbocycles. The van der Waals surface area contributed by atoms with Crippen molar-refractivity contribution in [1.29, 1.82) is 0 Å². The van der Waals surface area contributed by atoms with Gasteiger partial charge in [-0.2, -0.15) is 0 Å². The minimum Gasteiger partial charge on any atom is -0.123 e. The zero-order valence-electron chi connectivity index (χ0n) is 6.35. The van der Waals surface area contributed by atoms with Gasteiger partial charge in [-0.05, 0) is 31.1 Å². The van der Waals surface area contributed by atoms with Gasteiger partial charge in [-0.15, -0.1) is 11.6 Å². The van der Waals surface area contributed by atoms with Crippen molar-refractivity contribution in [3.8, 4) is 0 Å². The van der Waals surface area contributed by atoms with E-state index in [4.69, 9.17) is 11.6 Å². The smallest absolute Gasteiger partial charge is 0.0338 e. The SMILES string of the molecule is ClC1CCC(C2CCC2)C1. The molecule has 0 aromatic rings. The average Bonchev–Trinajstić information content (AvgIpc) is 2.10. The molecule has 2 rings (SSSR count). The van der Waals surface area contributed by atoms with E-state index in [1.165, 1.54) is 38.5 Å². The molecule has 0 spiro atoms. The van der Waals surface area contributed by atoms with Gasteiger partial charge in [0.25, 0.3) is 0 Å². The Balaban J connectivity index is 1.82. The molecule has 2 atom stereocenters. The molecule has 0 aliphatic heterocycles. The van der Waals surface area contributed by atoms with Gasteiger partial charge in [-0.1, -0.05) is 19.3 Å². The number of hydrogen-bond acceptors (Lipinski definition) is 0. The van der Waals surface area contributed by atoms with Crippen LogP contribution in [0.2, 0.25) is 0 Å². The molecule has 2 unspecified atom stereocenters.